The molecule has 4 nitrogen and oxygen atoms in total. The molecule has 0 aliphatic heterocycles. The van der Waals surface area contributed by atoms with Crippen LogP contribution < -0.4 is 16.0 Å². The van der Waals surface area contributed by atoms with Crippen LogP contribution in [0.25, 0.3) is 0 Å². The van der Waals surface area contributed by atoms with Crippen molar-refractivity contribution in [2.24, 2.45) is 0 Å². The van der Waals surface area contributed by atoms with Crippen molar-refractivity contribution in [3.63, 3.8) is 0 Å². The van der Waals surface area contributed by atoms with Gasteiger partial charge in [0.1, 0.15) is 6.17 Å². The predicted molar refractivity (Wildman–Crippen MR) is 119 cm³/mol. The largest absolute Gasteiger partial charge is 0.339 e. The van der Waals surface area contributed by atoms with Crippen LogP contribution in [0.15, 0.2) is 28.7 Å². The molecule has 1 atom stereocenters. The van der Waals surface area contributed by atoms with Gasteiger partial charge in [0.15, 0.2) is 5.11 Å². The van der Waals surface area contributed by atoms with Gasteiger partial charge in [-0.05, 0) is 42.9 Å². The molecule has 1 aromatic carbocycles. The van der Waals surface area contributed by atoms with E-state index in [0.717, 1.165) is 35.8 Å². The van der Waals surface area contributed by atoms with E-state index >= 15 is 0 Å². The molecule has 0 aliphatic carbocycles. The molecule has 0 aliphatic rings. The van der Waals surface area contributed by atoms with Gasteiger partial charge >= 0.3 is 0 Å². The van der Waals surface area contributed by atoms with Crippen molar-refractivity contribution in [2.75, 3.05) is 5.32 Å². The molecule has 3 N–H and O–H groups in total. The number of hydrogen-bond donors (Lipinski definition) is 3. The topological polar surface area (TPSA) is 53.2 Å². The fourth-order valence-electron chi connectivity index (χ4n) is 2.15. The van der Waals surface area contributed by atoms with Crippen LogP contribution in [-0.2, 0) is 4.79 Å². The average Bonchev–Trinajstić information content (AvgIpc) is 2.55. The van der Waals surface area contributed by atoms with Crippen molar-refractivity contribution in [1.29, 1.82) is 0 Å². The molecular formula is C17H23BrCl3N3OS. The summed E-state index contributed by atoms with van der Waals surface area (Å²) in [6, 6.07) is 7.43. The highest BCUT2D eigenvalue weighted by Gasteiger charge is 2.34. The number of carbonyl (C=O) groups excluding carboxylic acids is 1. The van der Waals surface area contributed by atoms with Crippen molar-refractivity contribution in [3.05, 3.63) is 28.7 Å². The lowest BCUT2D eigenvalue weighted by Crippen LogP contribution is -2.56. The van der Waals surface area contributed by atoms with Gasteiger partial charge in [0.25, 0.3) is 0 Å². The first kappa shape index (κ1) is 23.8. The second-order valence-corrected chi connectivity index (χ2v) is 9.50. The van der Waals surface area contributed by atoms with Crippen molar-refractivity contribution < 1.29 is 4.79 Å². The van der Waals surface area contributed by atoms with Crippen molar-refractivity contribution >= 4 is 79.7 Å². The summed E-state index contributed by atoms with van der Waals surface area (Å²) in [6.07, 6.45) is 4.72. The molecule has 146 valence electrons. The number of halogens is 4. The number of hydrogen-bond acceptors (Lipinski definition) is 2. The molecule has 0 aromatic heterocycles. The normalized spacial score (nSPS) is 12.3. The Morgan fingerprint density at radius 2 is 1.73 bits per heavy atom. The Morgan fingerprint density at radius 1 is 1.12 bits per heavy atom. The van der Waals surface area contributed by atoms with Crippen LogP contribution in [0.2, 0.25) is 0 Å². The molecule has 0 bridgehead atoms. The van der Waals surface area contributed by atoms with E-state index in [4.69, 9.17) is 47.0 Å². The van der Waals surface area contributed by atoms with Crippen LogP contribution in [-0.4, -0.2) is 21.0 Å². The van der Waals surface area contributed by atoms with E-state index in [1.165, 1.54) is 6.42 Å². The minimum atomic E-state index is -1.75. The quantitative estimate of drug-likeness (QED) is 0.170. The number of benzene rings is 1. The highest BCUT2D eigenvalue weighted by Crippen LogP contribution is 2.29. The number of anilines is 1. The lowest BCUT2D eigenvalue weighted by atomic mass is 10.1. The van der Waals surface area contributed by atoms with E-state index in [2.05, 4.69) is 38.8 Å². The van der Waals surface area contributed by atoms with E-state index in [1.54, 1.807) is 0 Å². The number of amides is 1. The maximum Gasteiger partial charge on any atom is 0.228 e. The summed E-state index contributed by atoms with van der Waals surface area (Å²) in [4.78, 5) is 12.1. The van der Waals surface area contributed by atoms with Crippen LogP contribution in [0.1, 0.15) is 45.4 Å². The van der Waals surface area contributed by atoms with Crippen LogP contribution in [0.3, 0.4) is 0 Å². The number of carbonyl (C=O) groups is 1. The summed E-state index contributed by atoms with van der Waals surface area (Å²) < 4.78 is -0.796. The third-order valence-electron chi connectivity index (χ3n) is 3.52. The third-order valence-corrected chi connectivity index (χ3v) is 4.92. The standard InChI is InChI=1S/C17H23BrCl3N3OS/c1-2-3-4-5-6-7-14(25)23-15(17(19,20)21)24-16(26)22-13-10-8-12(18)9-11-13/h8-11,15H,2-7H2,1H3,(H,23,25)(H2,22,24,26)/t15-/m1/s1. The fraction of sp³-hybridized carbons (Fsp3) is 0.529. The van der Waals surface area contributed by atoms with Crippen molar-refractivity contribution in [1.82, 2.24) is 10.6 Å². The van der Waals surface area contributed by atoms with Gasteiger partial charge in [-0.3, -0.25) is 4.79 Å². The molecule has 0 saturated carbocycles. The number of unbranched alkanes of at least 4 members (excludes halogenated alkanes) is 4. The molecule has 0 heterocycles. The van der Waals surface area contributed by atoms with Gasteiger partial charge in [-0.15, -0.1) is 0 Å². The first-order valence-electron chi connectivity index (χ1n) is 8.41. The summed E-state index contributed by atoms with van der Waals surface area (Å²) in [7, 11) is 0. The maximum absolute atomic E-state index is 12.1. The predicted octanol–water partition coefficient (Wildman–Crippen LogP) is 5.91. The Morgan fingerprint density at radius 3 is 2.31 bits per heavy atom. The molecule has 1 amide bonds. The van der Waals surface area contributed by atoms with Gasteiger partial charge in [-0.1, -0.05) is 83.3 Å². The van der Waals surface area contributed by atoms with Gasteiger partial charge in [0, 0.05) is 16.6 Å². The monoisotopic (exact) mass is 501 g/mol. The average molecular weight is 504 g/mol. The Balaban J connectivity index is 2.51. The second-order valence-electron chi connectivity index (χ2n) is 5.81. The van der Waals surface area contributed by atoms with E-state index < -0.39 is 9.96 Å². The zero-order chi connectivity index (χ0) is 19.6. The molecule has 1 aromatic rings. The van der Waals surface area contributed by atoms with Crippen LogP contribution in [0.5, 0.6) is 0 Å². The summed E-state index contributed by atoms with van der Waals surface area (Å²) in [6.45, 7) is 2.15. The molecule has 0 unspecified atom stereocenters. The molecule has 0 fully saturated rings. The minimum Gasteiger partial charge on any atom is -0.339 e. The first-order valence-corrected chi connectivity index (χ1v) is 10.7. The minimum absolute atomic E-state index is 0.184. The Bertz CT molecular complexity index is 582. The van der Waals surface area contributed by atoms with E-state index in [9.17, 15) is 4.79 Å². The van der Waals surface area contributed by atoms with E-state index in [0.29, 0.717) is 6.42 Å². The molecular weight excluding hydrogens is 481 g/mol. The third kappa shape index (κ3) is 10.2. The maximum atomic E-state index is 12.1. The lowest BCUT2D eigenvalue weighted by Gasteiger charge is -2.27. The number of nitrogens with one attached hydrogen (secondary N) is 3. The van der Waals surface area contributed by atoms with Gasteiger partial charge in [-0.25, -0.2) is 0 Å². The number of rotatable bonds is 9. The second kappa shape index (κ2) is 12.2. The van der Waals surface area contributed by atoms with Crippen molar-refractivity contribution in [2.45, 2.75) is 55.4 Å². The summed E-state index contributed by atoms with van der Waals surface area (Å²) in [5.74, 6) is -0.184. The van der Waals surface area contributed by atoms with E-state index in [1.807, 2.05) is 24.3 Å². The van der Waals surface area contributed by atoms with E-state index in [-0.39, 0.29) is 11.0 Å². The van der Waals surface area contributed by atoms with Crippen LogP contribution in [0.4, 0.5) is 5.69 Å². The summed E-state index contributed by atoms with van der Waals surface area (Å²) in [5.41, 5.74) is 0.774. The van der Waals surface area contributed by atoms with Crippen molar-refractivity contribution in [3.8, 4) is 0 Å². The Kier molecular flexibility index (Phi) is 11.2. The van der Waals surface area contributed by atoms with Gasteiger partial charge in [0.2, 0.25) is 9.70 Å². The van der Waals surface area contributed by atoms with Gasteiger partial charge in [-0.2, -0.15) is 0 Å². The Hall–Kier alpha value is -0.270. The highest BCUT2D eigenvalue weighted by atomic mass is 79.9. The van der Waals surface area contributed by atoms with Gasteiger partial charge in [0.05, 0.1) is 0 Å². The first-order chi connectivity index (χ1) is 12.2. The number of thiocarbonyl (C=S) groups is 1. The van der Waals surface area contributed by atoms with Crippen LogP contribution in [0, 0.1) is 0 Å². The smallest absolute Gasteiger partial charge is 0.228 e. The van der Waals surface area contributed by atoms with Gasteiger partial charge < -0.3 is 16.0 Å². The summed E-state index contributed by atoms with van der Waals surface area (Å²) in [5, 5.41) is 8.76. The molecule has 0 saturated heterocycles. The molecule has 9 heteroatoms. The zero-order valence-corrected chi connectivity index (χ0v) is 19.1. The highest BCUT2D eigenvalue weighted by molar-refractivity contribution is 9.10. The summed E-state index contributed by atoms with van der Waals surface area (Å²) >= 11 is 26.5. The number of alkyl halides is 3. The zero-order valence-electron chi connectivity index (χ0n) is 14.5. The SMILES string of the molecule is CCCCCCCC(=O)N[C@H](NC(=S)Nc1ccc(Br)cc1)C(Cl)(Cl)Cl. The van der Waals surface area contributed by atoms with Crippen LogP contribution >= 0.6 is 63.0 Å². The Labute approximate surface area is 183 Å². The molecule has 1 rings (SSSR count). The lowest BCUT2D eigenvalue weighted by molar-refractivity contribution is -0.122. The molecule has 26 heavy (non-hydrogen) atoms. The molecule has 0 spiro atoms. The molecule has 0 radical (unpaired) electrons. The fourth-order valence-corrected chi connectivity index (χ4v) is 2.98.